The van der Waals surface area contributed by atoms with E-state index < -0.39 is 41.8 Å². The number of aryl methyl sites for hydroxylation is 1. The molecular weight excluding hydrogens is 400 g/mol. The summed E-state index contributed by atoms with van der Waals surface area (Å²) < 4.78 is 7.24. The third-order valence-corrected chi connectivity index (χ3v) is 5.96. The van der Waals surface area contributed by atoms with E-state index in [1.807, 2.05) is 37.3 Å². The number of carboxylic acid groups (broad SMARTS) is 1. The second-order valence-corrected chi connectivity index (χ2v) is 7.91. The summed E-state index contributed by atoms with van der Waals surface area (Å²) in [5.74, 6) is -3.53. The monoisotopic (exact) mass is 426 g/mol. The van der Waals surface area contributed by atoms with E-state index in [1.165, 1.54) is 0 Å². The zero-order valence-corrected chi connectivity index (χ0v) is 17.3. The Morgan fingerprint density at radius 2 is 1.87 bits per heavy atom. The predicted molar refractivity (Wildman–Crippen MR) is 112 cm³/mol. The summed E-state index contributed by atoms with van der Waals surface area (Å²) in [4.78, 5) is 37.4. The van der Waals surface area contributed by atoms with Gasteiger partial charge in [0.25, 0.3) is 5.91 Å². The molecule has 31 heavy (non-hydrogen) atoms. The summed E-state index contributed by atoms with van der Waals surface area (Å²) in [7, 11) is 0. The molecule has 4 rings (SSSR count). The van der Waals surface area contributed by atoms with Crippen molar-refractivity contribution < 1.29 is 24.2 Å². The average Bonchev–Trinajstić information content (AvgIpc) is 3.48. The van der Waals surface area contributed by atoms with Crippen LogP contribution in [-0.4, -0.2) is 51.4 Å². The molecule has 3 heterocycles. The van der Waals surface area contributed by atoms with Crippen molar-refractivity contribution in [1.29, 1.82) is 0 Å². The van der Waals surface area contributed by atoms with Gasteiger partial charge in [0.2, 0.25) is 5.91 Å². The number of hydrogen-bond acceptors (Lipinski definition) is 5. The number of nitrogens with zero attached hydrogens (tertiary/aromatic N) is 2. The van der Waals surface area contributed by atoms with E-state index in [9.17, 15) is 19.5 Å². The minimum atomic E-state index is -1.03. The van der Waals surface area contributed by atoms with Gasteiger partial charge >= 0.3 is 5.97 Å². The molecule has 1 aromatic heterocycles. The van der Waals surface area contributed by atoms with Gasteiger partial charge in [-0.1, -0.05) is 30.3 Å². The van der Waals surface area contributed by atoms with Gasteiger partial charge in [-0.25, -0.2) is 0 Å². The average molecular weight is 426 g/mol. The second kappa shape index (κ2) is 8.89. The third-order valence-electron chi connectivity index (χ3n) is 5.96. The number of carboxylic acids is 1. The Bertz CT molecular complexity index is 974. The Hall–Kier alpha value is -3.20. The largest absolute Gasteiger partial charge is 0.481 e. The fourth-order valence-corrected chi connectivity index (χ4v) is 4.43. The third kappa shape index (κ3) is 4.32. The Morgan fingerprint density at radius 3 is 2.55 bits per heavy atom. The topological polar surface area (TPSA) is 123 Å². The molecular formula is C22H26N4O5. The molecule has 0 aliphatic carbocycles. The van der Waals surface area contributed by atoms with Crippen molar-refractivity contribution in [1.82, 2.24) is 15.1 Å². The zero-order chi connectivity index (χ0) is 22.0. The first-order valence-electron chi connectivity index (χ1n) is 10.6. The van der Waals surface area contributed by atoms with Gasteiger partial charge in [-0.05, 0) is 31.7 Å². The quantitative estimate of drug-likeness (QED) is 0.590. The maximum atomic E-state index is 13.0. The number of nitrogens with one attached hydrogen (secondary N) is 2. The van der Waals surface area contributed by atoms with Gasteiger partial charge in [0.15, 0.2) is 5.69 Å². The summed E-state index contributed by atoms with van der Waals surface area (Å²) in [6.07, 6.45) is 2.73. The minimum Gasteiger partial charge on any atom is -0.481 e. The lowest BCUT2D eigenvalue weighted by atomic mass is 9.78. The van der Waals surface area contributed by atoms with Crippen molar-refractivity contribution in [2.45, 2.75) is 44.9 Å². The van der Waals surface area contributed by atoms with Crippen molar-refractivity contribution in [3.8, 4) is 0 Å². The molecule has 2 fully saturated rings. The first-order valence-corrected chi connectivity index (χ1v) is 10.6. The van der Waals surface area contributed by atoms with Gasteiger partial charge < -0.3 is 20.5 Å². The molecule has 2 saturated heterocycles. The number of carbonyl (C=O) groups excluding carboxylic acids is 2. The lowest BCUT2D eigenvalue weighted by molar-refractivity contribution is -0.147. The highest BCUT2D eigenvalue weighted by atomic mass is 16.5. The summed E-state index contributed by atoms with van der Waals surface area (Å²) >= 11 is 0. The number of amides is 2. The lowest BCUT2D eigenvalue weighted by Gasteiger charge is -2.23. The van der Waals surface area contributed by atoms with Crippen LogP contribution in [0, 0.1) is 11.8 Å². The fraction of sp³-hybridized carbons (Fsp3) is 0.455. The molecule has 0 spiro atoms. The molecule has 2 aromatic rings. The Morgan fingerprint density at radius 1 is 1.16 bits per heavy atom. The Kier molecular flexibility index (Phi) is 6.03. The van der Waals surface area contributed by atoms with Gasteiger partial charge in [-0.2, -0.15) is 5.10 Å². The summed E-state index contributed by atoms with van der Waals surface area (Å²) in [6, 6.07) is 9.79. The highest BCUT2D eigenvalue weighted by molar-refractivity contribution is 6.03. The van der Waals surface area contributed by atoms with Gasteiger partial charge in [-0.15, -0.1) is 0 Å². The smallest absolute Gasteiger partial charge is 0.310 e. The Balaban J connectivity index is 1.45. The number of ether oxygens (including phenoxy) is 1. The van der Waals surface area contributed by atoms with Crippen LogP contribution in [0.25, 0.3) is 0 Å². The van der Waals surface area contributed by atoms with Gasteiger partial charge in [-0.3, -0.25) is 19.1 Å². The Labute approximate surface area is 179 Å². The lowest BCUT2D eigenvalue weighted by Crippen LogP contribution is -2.41. The fourth-order valence-electron chi connectivity index (χ4n) is 4.43. The van der Waals surface area contributed by atoms with E-state index in [0.29, 0.717) is 32.4 Å². The molecule has 2 aliphatic heterocycles. The summed E-state index contributed by atoms with van der Waals surface area (Å²) in [6.45, 7) is 2.82. The van der Waals surface area contributed by atoms with E-state index in [0.717, 1.165) is 5.56 Å². The van der Waals surface area contributed by atoms with Crippen LogP contribution in [0.2, 0.25) is 0 Å². The summed E-state index contributed by atoms with van der Waals surface area (Å²) in [5, 5.41) is 19.4. The number of hydrogen-bond donors (Lipinski definition) is 3. The van der Waals surface area contributed by atoms with Crippen LogP contribution in [0.15, 0.2) is 36.5 Å². The molecule has 3 N–H and O–H groups in total. The van der Waals surface area contributed by atoms with Crippen molar-refractivity contribution in [3.63, 3.8) is 0 Å². The minimum absolute atomic E-state index is 0.110. The molecule has 9 heteroatoms. The van der Waals surface area contributed by atoms with Crippen LogP contribution < -0.4 is 10.6 Å². The number of benzene rings is 1. The van der Waals surface area contributed by atoms with Crippen LogP contribution >= 0.6 is 0 Å². The van der Waals surface area contributed by atoms with Crippen LogP contribution in [-0.2, 0) is 27.3 Å². The van der Waals surface area contributed by atoms with Crippen molar-refractivity contribution in [2.75, 3.05) is 11.9 Å². The second-order valence-electron chi connectivity index (χ2n) is 7.91. The molecule has 9 nitrogen and oxygen atoms in total. The molecule has 2 aliphatic rings. The molecule has 2 amide bonds. The number of aliphatic carboxylic acids is 1. The standard InChI is InChI=1S/C22H26N4O5/c1-2-26-12-14(19(25-26)21(28)23-11-10-13-6-4-3-5-7-13)24-20(27)17-15-8-9-16(31-15)18(17)22(29)30/h3-7,12,15-18H,2,8-11H2,1H3,(H,23,28)(H,24,27)(H,29,30)/t15-,16-,17+,18-/m0/s1. The predicted octanol–water partition coefficient (Wildman–Crippen LogP) is 1.69. The number of carbonyl (C=O) groups is 3. The molecule has 4 atom stereocenters. The van der Waals surface area contributed by atoms with Gasteiger partial charge in [0.05, 0.1) is 29.7 Å². The number of fused-ring (bicyclic) bond motifs is 2. The molecule has 0 saturated carbocycles. The van der Waals surface area contributed by atoms with Crippen LogP contribution in [0.5, 0.6) is 0 Å². The van der Waals surface area contributed by atoms with Crippen LogP contribution in [0.3, 0.4) is 0 Å². The molecule has 1 aromatic carbocycles. The maximum absolute atomic E-state index is 13.0. The van der Waals surface area contributed by atoms with Gasteiger partial charge in [0.1, 0.15) is 0 Å². The normalized spacial score (nSPS) is 24.2. The zero-order valence-electron chi connectivity index (χ0n) is 17.3. The van der Waals surface area contributed by atoms with Crippen molar-refractivity contribution in [2.24, 2.45) is 11.8 Å². The van der Waals surface area contributed by atoms with Crippen LogP contribution in [0.4, 0.5) is 5.69 Å². The number of rotatable bonds is 8. The first-order chi connectivity index (χ1) is 15.0. The van der Waals surface area contributed by atoms with Gasteiger partial charge in [0, 0.05) is 19.3 Å². The molecule has 0 unspecified atom stereocenters. The van der Waals surface area contributed by atoms with E-state index in [2.05, 4.69) is 15.7 Å². The molecule has 0 radical (unpaired) electrons. The van der Waals surface area contributed by atoms with E-state index >= 15 is 0 Å². The number of anilines is 1. The van der Waals surface area contributed by atoms with E-state index in [4.69, 9.17) is 4.74 Å². The molecule has 164 valence electrons. The summed E-state index contributed by atoms with van der Waals surface area (Å²) in [5.41, 5.74) is 1.49. The molecule has 2 bridgehead atoms. The highest BCUT2D eigenvalue weighted by Gasteiger charge is 2.55. The van der Waals surface area contributed by atoms with E-state index in [-0.39, 0.29) is 11.4 Å². The van der Waals surface area contributed by atoms with Crippen LogP contribution in [0.1, 0.15) is 35.8 Å². The SMILES string of the molecule is CCn1cc(NC(=O)[C@H]2[C@@H](C(=O)O)[C@@H]3CC[C@@H]2O3)c(C(=O)NCCc2ccccc2)n1. The van der Waals surface area contributed by atoms with Crippen molar-refractivity contribution >= 4 is 23.5 Å². The first kappa shape index (κ1) is 21.0. The van der Waals surface area contributed by atoms with Crippen molar-refractivity contribution in [3.05, 3.63) is 47.8 Å². The number of aromatic nitrogens is 2. The maximum Gasteiger partial charge on any atom is 0.310 e. The highest BCUT2D eigenvalue weighted by Crippen LogP contribution is 2.44. The van der Waals surface area contributed by atoms with E-state index in [1.54, 1.807) is 10.9 Å².